The molecule has 2 nitrogen and oxygen atoms in total. The summed E-state index contributed by atoms with van der Waals surface area (Å²) in [6.45, 7) is 3.62. The first-order valence-corrected chi connectivity index (χ1v) is 5.13. The lowest BCUT2D eigenvalue weighted by Gasteiger charge is -2.01. The Morgan fingerprint density at radius 3 is 2.62 bits per heavy atom. The Bertz CT molecular complexity index is 299. The summed E-state index contributed by atoms with van der Waals surface area (Å²) in [6.07, 6.45) is 0.0361. The lowest BCUT2D eigenvalue weighted by atomic mass is 10.0. The van der Waals surface area contributed by atoms with Gasteiger partial charge in [0.05, 0.1) is 6.42 Å². The number of rotatable bonds is 4. The fourth-order valence-electron chi connectivity index (χ4n) is 0.888. The predicted molar refractivity (Wildman–Crippen MR) is 53.1 cm³/mol. The molecule has 0 aliphatic heterocycles. The first-order valence-electron chi connectivity index (χ1n) is 4.19. The topological polar surface area (TPSA) is 34.1 Å². The summed E-state index contributed by atoms with van der Waals surface area (Å²) in [4.78, 5) is 22.6. The molecule has 0 fully saturated rings. The number of carbonyl (C=O) groups excluding carboxylic acids is 2. The van der Waals surface area contributed by atoms with Crippen molar-refractivity contribution in [3.05, 3.63) is 22.4 Å². The summed E-state index contributed by atoms with van der Waals surface area (Å²) in [7, 11) is 0. The van der Waals surface area contributed by atoms with Gasteiger partial charge in [0.1, 0.15) is 5.78 Å². The Kier molecular flexibility index (Phi) is 3.37. The number of ketones is 2. The number of hydrogen-bond acceptors (Lipinski definition) is 3. The largest absolute Gasteiger partial charge is 0.299 e. The molecule has 0 N–H and O–H groups in total. The van der Waals surface area contributed by atoms with Crippen LogP contribution >= 0.6 is 11.3 Å². The van der Waals surface area contributed by atoms with E-state index in [1.807, 2.05) is 19.2 Å². The van der Waals surface area contributed by atoms with E-state index in [2.05, 4.69) is 0 Å². The number of hydrogen-bond donors (Lipinski definition) is 0. The van der Waals surface area contributed by atoms with E-state index in [4.69, 9.17) is 0 Å². The monoisotopic (exact) mass is 196 g/mol. The Hall–Kier alpha value is -0.960. The van der Waals surface area contributed by atoms with Crippen LogP contribution < -0.4 is 0 Å². The van der Waals surface area contributed by atoms with Crippen LogP contribution in [0.3, 0.4) is 0 Å². The van der Waals surface area contributed by atoms with Crippen molar-refractivity contribution in [2.75, 3.05) is 0 Å². The molecular weight excluding hydrogens is 184 g/mol. The van der Waals surface area contributed by atoms with Gasteiger partial charge in [-0.3, -0.25) is 9.59 Å². The van der Waals surface area contributed by atoms with Crippen LogP contribution in [0.5, 0.6) is 0 Å². The van der Waals surface area contributed by atoms with Gasteiger partial charge in [-0.2, -0.15) is 11.3 Å². The molecule has 0 radical (unpaired) electrons. The van der Waals surface area contributed by atoms with Gasteiger partial charge in [0.25, 0.3) is 0 Å². The molecule has 0 bridgehead atoms. The Morgan fingerprint density at radius 2 is 2.15 bits per heavy atom. The van der Waals surface area contributed by atoms with Gasteiger partial charge < -0.3 is 0 Å². The van der Waals surface area contributed by atoms with Gasteiger partial charge in [-0.15, -0.1) is 0 Å². The minimum Gasteiger partial charge on any atom is -0.299 e. The van der Waals surface area contributed by atoms with Gasteiger partial charge in [0, 0.05) is 16.9 Å². The molecular formula is C10H12O2S. The molecule has 0 atom stereocenters. The quantitative estimate of drug-likeness (QED) is 0.548. The summed E-state index contributed by atoms with van der Waals surface area (Å²) in [5, 5.41) is 3.61. The van der Waals surface area contributed by atoms with E-state index in [0.29, 0.717) is 5.56 Å². The highest BCUT2D eigenvalue weighted by Gasteiger charge is 2.14. The highest BCUT2D eigenvalue weighted by molar-refractivity contribution is 7.08. The van der Waals surface area contributed by atoms with Crippen LogP contribution in [0.2, 0.25) is 0 Å². The van der Waals surface area contributed by atoms with Crippen LogP contribution in [0.1, 0.15) is 30.6 Å². The zero-order valence-corrected chi connectivity index (χ0v) is 8.56. The normalized spacial score (nSPS) is 10.4. The van der Waals surface area contributed by atoms with Crippen LogP contribution in [-0.4, -0.2) is 11.6 Å². The van der Waals surface area contributed by atoms with Gasteiger partial charge >= 0.3 is 0 Å². The van der Waals surface area contributed by atoms with Crippen molar-refractivity contribution in [3.8, 4) is 0 Å². The Balaban J connectivity index is 2.57. The first kappa shape index (κ1) is 10.1. The van der Waals surface area contributed by atoms with Gasteiger partial charge in [0.2, 0.25) is 0 Å². The van der Waals surface area contributed by atoms with E-state index in [1.165, 1.54) is 11.3 Å². The molecule has 70 valence electrons. The highest BCUT2D eigenvalue weighted by atomic mass is 32.1. The first-order chi connectivity index (χ1) is 6.11. The smallest absolute Gasteiger partial charge is 0.171 e. The van der Waals surface area contributed by atoms with E-state index in [1.54, 1.807) is 11.4 Å². The zero-order valence-electron chi connectivity index (χ0n) is 7.74. The van der Waals surface area contributed by atoms with Gasteiger partial charge in [-0.05, 0) is 11.4 Å². The molecule has 1 rings (SSSR count). The molecule has 0 aromatic carbocycles. The van der Waals surface area contributed by atoms with Crippen LogP contribution in [-0.2, 0) is 4.79 Å². The standard InChI is InChI=1S/C10H12O2S/c1-7(2)9(11)5-10(12)8-3-4-13-6-8/h3-4,6-7H,5H2,1-2H3. The lowest BCUT2D eigenvalue weighted by molar-refractivity contribution is -0.121. The Labute approximate surface area is 81.6 Å². The Morgan fingerprint density at radius 1 is 1.46 bits per heavy atom. The molecule has 13 heavy (non-hydrogen) atoms. The summed E-state index contributed by atoms with van der Waals surface area (Å²) >= 11 is 1.47. The van der Waals surface area contributed by atoms with Crippen LogP contribution in [0, 0.1) is 5.92 Å². The maximum Gasteiger partial charge on any atom is 0.171 e. The summed E-state index contributed by atoms with van der Waals surface area (Å²) in [6, 6.07) is 1.75. The minimum absolute atomic E-state index is 0.0104. The summed E-state index contributed by atoms with van der Waals surface area (Å²) < 4.78 is 0. The van der Waals surface area contributed by atoms with E-state index >= 15 is 0 Å². The third-order valence-corrected chi connectivity index (χ3v) is 2.51. The van der Waals surface area contributed by atoms with Crippen molar-refractivity contribution in [3.63, 3.8) is 0 Å². The van der Waals surface area contributed by atoms with Crippen molar-refractivity contribution < 1.29 is 9.59 Å². The molecule has 0 amide bonds. The van der Waals surface area contributed by atoms with Gasteiger partial charge in [-0.1, -0.05) is 13.8 Å². The molecule has 0 saturated heterocycles. The van der Waals surface area contributed by atoms with Crippen molar-refractivity contribution >= 4 is 22.9 Å². The van der Waals surface area contributed by atoms with Crippen molar-refractivity contribution in [2.24, 2.45) is 5.92 Å². The van der Waals surface area contributed by atoms with E-state index in [-0.39, 0.29) is 23.9 Å². The second-order valence-corrected chi connectivity index (χ2v) is 4.01. The third-order valence-electron chi connectivity index (χ3n) is 1.82. The summed E-state index contributed by atoms with van der Waals surface area (Å²) in [5.74, 6) is -0.112. The molecule has 0 aliphatic rings. The highest BCUT2D eigenvalue weighted by Crippen LogP contribution is 2.10. The second kappa shape index (κ2) is 4.33. The fraction of sp³-hybridized carbons (Fsp3) is 0.400. The van der Waals surface area contributed by atoms with Crippen molar-refractivity contribution in [2.45, 2.75) is 20.3 Å². The maximum absolute atomic E-state index is 11.4. The number of Topliss-reactive ketones (excluding diaryl/α,β-unsaturated/α-hetero) is 2. The molecule has 0 aliphatic carbocycles. The molecule has 1 aromatic rings. The molecule has 1 heterocycles. The van der Waals surface area contributed by atoms with Gasteiger partial charge in [0.15, 0.2) is 5.78 Å². The minimum atomic E-state index is -0.0695. The average molecular weight is 196 g/mol. The zero-order chi connectivity index (χ0) is 9.84. The SMILES string of the molecule is CC(C)C(=O)CC(=O)c1ccsc1. The third kappa shape index (κ3) is 2.77. The predicted octanol–water partition coefficient (Wildman–Crippen LogP) is 2.55. The number of thiophene rings is 1. The van der Waals surface area contributed by atoms with E-state index < -0.39 is 0 Å². The van der Waals surface area contributed by atoms with Crippen molar-refractivity contribution in [1.29, 1.82) is 0 Å². The van der Waals surface area contributed by atoms with Crippen LogP contribution in [0.4, 0.5) is 0 Å². The molecule has 3 heteroatoms. The number of carbonyl (C=O) groups is 2. The van der Waals surface area contributed by atoms with E-state index in [0.717, 1.165) is 0 Å². The summed E-state index contributed by atoms with van der Waals surface area (Å²) in [5.41, 5.74) is 0.652. The maximum atomic E-state index is 11.4. The molecule has 0 spiro atoms. The van der Waals surface area contributed by atoms with Gasteiger partial charge in [-0.25, -0.2) is 0 Å². The molecule has 0 unspecified atom stereocenters. The van der Waals surface area contributed by atoms with Crippen molar-refractivity contribution in [1.82, 2.24) is 0 Å². The average Bonchev–Trinajstić information content (AvgIpc) is 2.55. The van der Waals surface area contributed by atoms with Crippen LogP contribution in [0.25, 0.3) is 0 Å². The molecule has 0 saturated carbocycles. The molecule has 1 aromatic heterocycles. The lowest BCUT2D eigenvalue weighted by Crippen LogP contribution is -2.12. The van der Waals surface area contributed by atoms with Crippen LogP contribution in [0.15, 0.2) is 16.8 Å². The second-order valence-electron chi connectivity index (χ2n) is 3.23. The van der Waals surface area contributed by atoms with E-state index in [9.17, 15) is 9.59 Å². The fourth-order valence-corrected chi connectivity index (χ4v) is 1.55.